The number of hydrogen-bond donors (Lipinski definition) is 2. The molecule has 0 saturated heterocycles. The molecule has 2 aromatic carbocycles. The Morgan fingerprint density at radius 3 is 2.76 bits per heavy atom. The van der Waals surface area contributed by atoms with Crippen LogP contribution in [0, 0.1) is 12.3 Å². The van der Waals surface area contributed by atoms with E-state index in [0.29, 0.717) is 17.1 Å². The van der Waals surface area contributed by atoms with Gasteiger partial charge in [-0.1, -0.05) is 17.7 Å². The minimum absolute atomic E-state index is 0.00735. The van der Waals surface area contributed by atoms with Gasteiger partial charge in [0.15, 0.2) is 0 Å². The molecule has 21 heavy (non-hydrogen) atoms. The second-order valence-electron chi connectivity index (χ2n) is 4.84. The molecule has 0 aliphatic carbocycles. The molecule has 3 rings (SSSR count). The van der Waals surface area contributed by atoms with Gasteiger partial charge in [-0.05, 0) is 43.3 Å². The maximum Gasteiger partial charge on any atom is 0.138 e. The second-order valence-corrected chi connectivity index (χ2v) is 4.84. The summed E-state index contributed by atoms with van der Waals surface area (Å²) in [5, 5.41) is 8.61. The molecule has 0 atom stereocenters. The van der Waals surface area contributed by atoms with Crippen molar-refractivity contribution in [3.63, 3.8) is 0 Å². The third-order valence-corrected chi connectivity index (χ3v) is 3.25. The molecule has 1 aromatic heterocycles. The van der Waals surface area contributed by atoms with Crippen molar-refractivity contribution in [3.8, 4) is 11.5 Å². The lowest BCUT2D eigenvalue weighted by Gasteiger charge is -2.12. The van der Waals surface area contributed by atoms with Gasteiger partial charge in [0.2, 0.25) is 0 Å². The van der Waals surface area contributed by atoms with Crippen molar-refractivity contribution < 1.29 is 4.74 Å². The smallest absolute Gasteiger partial charge is 0.138 e. The maximum atomic E-state index is 7.69. The molecule has 0 aliphatic rings. The molecular weight excluding hydrogens is 262 g/mol. The highest BCUT2D eigenvalue weighted by atomic mass is 16.5. The van der Waals surface area contributed by atoms with Crippen LogP contribution < -0.4 is 10.5 Å². The number of nitrogens with two attached hydrogens (primary N) is 1. The number of ether oxygens (including phenoxy) is 1. The van der Waals surface area contributed by atoms with E-state index in [1.165, 1.54) is 0 Å². The number of aromatic nitrogens is 1. The van der Waals surface area contributed by atoms with Crippen LogP contribution in [0.25, 0.3) is 10.9 Å². The van der Waals surface area contributed by atoms with Gasteiger partial charge in [0, 0.05) is 11.6 Å². The number of rotatable bonds is 3. The molecule has 1 heterocycles. The standard InChI is InChI=1S/C17H15N3O/c1-11-7-8-16(13(10-11)17(18)19)21-15-6-2-5-14-12(15)4-3-9-20-14/h2-10H,1H3,(H3,18,19). The highest BCUT2D eigenvalue weighted by Gasteiger charge is 2.10. The fourth-order valence-corrected chi connectivity index (χ4v) is 2.23. The number of nitrogen functional groups attached to an aromatic ring is 1. The highest BCUT2D eigenvalue weighted by molar-refractivity contribution is 5.98. The van der Waals surface area contributed by atoms with Crippen molar-refractivity contribution in [3.05, 3.63) is 65.9 Å². The Morgan fingerprint density at radius 2 is 1.95 bits per heavy atom. The van der Waals surface area contributed by atoms with E-state index in [-0.39, 0.29) is 5.84 Å². The Hall–Kier alpha value is -2.88. The topological polar surface area (TPSA) is 72.0 Å². The lowest BCUT2D eigenvalue weighted by atomic mass is 10.1. The third-order valence-electron chi connectivity index (χ3n) is 3.25. The first-order valence-electron chi connectivity index (χ1n) is 6.62. The Bertz CT molecular complexity index is 822. The summed E-state index contributed by atoms with van der Waals surface area (Å²) in [5.74, 6) is 1.27. The van der Waals surface area contributed by atoms with Gasteiger partial charge in [-0.15, -0.1) is 0 Å². The van der Waals surface area contributed by atoms with Crippen LogP contribution in [-0.2, 0) is 0 Å². The van der Waals surface area contributed by atoms with Crippen LogP contribution in [0.15, 0.2) is 54.7 Å². The van der Waals surface area contributed by atoms with E-state index in [0.717, 1.165) is 16.5 Å². The van der Waals surface area contributed by atoms with Crippen molar-refractivity contribution in [1.82, 2.24) is 4.98 Å². The Kier molecular flexibility index (Phi) is 3.28. The number of benzene rings is 2. The van der Waals surface area contributed by atoms with Crippen LogP contribution in [0.1, 0.15) is 11.1 Å². The third kappa shape index (κ3) is 2.56. The van der Waals surface area contributed by atoms with Crippen molar-refractivity contribution in [2.75, 3.05) is 0 Å². The summed E-state index contributed by atoms with van der Waals surface area (Å²) in [7, 11) is 0. The molecule has 104 valence electrons. The van der Waals surface area contributed by atoms with Crippen LogP contribution in [0.2, 0.25) is 0 Å². The average Bonchev–Trinajstić information content (AvgIpc) is 2.49. The average molecular weight is 277 g/mol. The molecule has 0 spiro atoms. The Morgan fingerprint density at radius 1 is 1.10 bits per heavy atom. The highest BCUT2D eigenvalue weighted by Crippen LogP contribution is 2.31. The zero-order chi connectivity index (χ0) is 14.8. The van der Waals surface area contributed by atoms with Gasteiger partial charge in [-0.2, -0.15) is 0 Å². The van der Waals surface area contributed by atoms with Gasteiger partial charge >= 0.3 is 0 Å². The van der Waals surface area contributed by atoms with Crippen LogP contribution in [0.4, 0.5) is 0 Å². The van der Waals surface area contributed by atoms with E-state index in [9.17, 15) is 0 Å². The van der Waals surface area contributed by atoms with Crippen molar-refractivity contribution >= 4 is 16.7 Å². The zero-order valence-electron chi connectivity index (χ0n) is 11.6. The Balaban J connectivity index is 2.09. The van der Waals surface area contributed by atoms with Crippen LogP contribution in [0.5, 0.6) is 11.5 Å². The van der Waals surface area contributed by atoms with Crippen LogP contribution in [0.3, 0.4) is 0 Å². The normalized spacial score (nSPS) is 10.5. The predicted molar refractivity (Wildman–Crippen MR) is 84.0 cm³/mol. The van der Waals surface area contributed by atoms with E-state index >= 15 is 0 Å². The Labute approximate surface area is 122 Å². The number of aryl methyl sites for hydroxylation is 1. The summed E-state index contributed by atoms with van der Waals surface area (Å²) in [4.78, 5) is 4.31. The lowest BCUT2D eigenvalue weighted by Crippen LogP contribution is -2.12. The number of amidine groups is 1. The molecule has 0 bridgehead atoms. The molecule has 0 fully saturated rings. The second kappa shape index (κ2) is 5.25. The molecule has 0 aliphatic heterocycles. The maximum absolute atomic E-state index is 7.69. The lowest BCUT2D eigenvalue weighted by molar-refractivity contribution is 0.487. The predicted octanol–water partition coefficient (Wildman–Crippen LogP) is 3.62. The van der Waals surface area contributed by atoms with E-state index < -0.39 is 0 Å². The number of nitrogens with one attached hydrogen (secondary N) is 1. The van der Waals surface area contributed by atoms with Gasteiger partial charge < -0.3 is 10.5 Å². The summed E-state index contributed by atoms with van der Waals surface area (Å²) in [6, 6.07) is 15.2. The monoisotopic (exact) mass is 277 g/mol. The summed E-state index contributed by atoms with van der Waals surface area (Å²) in [6.07, 6.45) is 1.75. The summed E-state index contributed by atoms with van der Waals surface area (Å²) in [5.41, 5.74) is 8.14. The molecular formula is C17H15N3O. The first-order chi connectivity index (χ1) is 10.1. The van der Waals surface area contributed by atoms with Crippen molar-refractivity contribution in [1.29, 1.82) is 5.41 Å². The van der Waals surface area contributed by atoms with Crippen molar-refractivity contribution in [2.24, 2.45) is 5.73 Å². The fourth-order valence-electron chi connectivity index (χ4n) is 2.23. The molecule has 4 heteroatoms. The summed E-state index contributed by atoms with van der Waals surface area (Å²) in [6.45, 7) is 1.96. The minimum atomic E-state index is -0.00735. The first kappa shape index (κ1) is 13.1. The fraction of sp³-hybridized carbons (Fsp3) is 0.0588. The first-order valence-corrected chi connectivity index (χ1v) is 6.62. The summed E-state index contributed by atoms with van der Waals surface area (Å²) >= 11 is 0. The molecule has 0 unspecified atom stereocenters. The molecule has 3 N–H and O–H groups in total. The van der Waals surface area contributed by atoms with Gasteiger partial charge in [0.05, 0.1) is 11.1 Å². The summed E-state index contributed by atoms with van der Waals surface area (Å²) < 4.78 is 5.98. The number of fused-ring (bicyclic) bond motifs is 1. The van der Waals surface area contributed by atoms with Gasteiger partial charge in [-0.25, -0.2) is 0 Å². The van der Waals surface area contributed by atoms with E-state index in [1.807, 2.05) is 55.5 Å². The quantitative estimate of drug-likeness (QED) is 0.567. The van der Waals surface area contributed by atoms with Crippen LogP contribution in [-0.4, -0.2) is 10.8 Å². The van der Waals surface area contributed by atoms with Crippen LogP contribution >= 0.6 is 0 Å². The molecule has 0 radical (unpaired) electrons. The number of nitrogens with zero attached hydrogens (tertiary/aromatic N) is 1. The largest absolute Gasteiger partial charge is 0.456 e. The number of pyridine rings is 1. The molecule has 3 aromatic rings. The van der Waals surface area contributed by atoms with Gasteiger partial charge in [0.25, 0.3) is 0 Å². The van der Waals surface area contributed by atoms with E-state index in [1.54, 1.807) is 6.20 Å². The van der Waals surface area contributed by atoms with Gasteiger partial charge in [0.1, 0.15) is 17.3 Å². The van der Waals surface area contributed by atoms with Crippen molar-refractivity contribution in [2.45, 2.75) is 6.92 Å². The molecule has 0 amide bonds. The number of hydrogen-bond acceptors (Lipinski definition) is 3. The molecule has 4 nitrogen and oxygen atoms in total. The minimum Gasteiger partial charge on any atom is -0.456 e. The van der Waals surface area contributed by atoms with E-state index in [2.05, 4.69) is 4.98 Å². The zero-order valence-corrected chi connectivity index (χ0v) is 11.6. The van der Waals surface area contributed by atoms with E-state index in [4.69, 9.17) is 15.9 Å². The van der Waals surface area contributed by atoms with Gasteiger partial charge in [-0.3, -0.25) is 10.4 Å². The SMILES string of the molecule is Cc1ccc(Oc2cccc3ncccc23)c(C(=N)N)c1. The molecule has 0 saturated carbocycles.